The number of nitrogens with zero attached hydrogens (tertiary/aromatic N) is 1. The van der Waals surface area contributed by atoms with Crippen molar-refractivity contribution in [2.75, 3.05) is 19.6 Å². The highest BCUT2D eigenvalue weighted by atomic mass is 16.1. The van der Waals surface area contributed by atoms with Gasteiger partial charge in [-0.2, -0.15) is 0 Å². The fourth-order valence-electron chi connectivity index (χ4n) is 1.80. The maximum atomic E-state index is 11.3. The van der Waals surface area contributed by atoms with E-state index in [1.54, 1.807) is 0 Å². The smallest absolute Gasteiger partial charge is 0.249 e. The van der Waals surface area contributed by atoms with E-state index < -0.39 is 0 Å². The second-order valence-electron chi connectivity index (χ2n) is 3.94. The Morgan fingerprint density at radius 3 is 1.87 bits per heavy atom. The van der Waals surface area contributed by atoms with Crippen LogP contribution in [0.1, 0.15) is 40.5 Å². The number of quaternary nitrogens is 1. The molecule has 0 atom stereocenters. The summed E-state index contributed by atoms with van der Waals surface area (Å²) in [5, 5.41) is 0. The molecule has 0 aromatic carbocycles. The molecule has 0 aliphatic heterocycles. The molecule has 0 aromatic heterocycles. The zero-order valence-electron chi connectivity index (χ0n) is 10.5. The predicted molar refractivity (Wildman–Crippen MR) is 64.1 cm³/mol. The lowest BCUT2D eigenvalue weighted by Gasteiger charge is -2.32. The fourth-order valence-corrected chi connectivity index (χ4v) is 1.80. The molecule has 0 aliphatic rings. The molecule has 3 nitrogen and oxygen atoms in total. The molecule has 0 unspecified atom stereocenters. The van der Waals surface area contributed by atoms with Crippen molar-refractivity contribution in [3.05, 3.63) is 11.8 Å². The largest absolute Gasteiger partial charge is 0.366 e. The van der Waals surface area contributed by atoms with Gasteiger partial charge in [-0.3, -0.25) is 9.28 Å². The van der Waals surface area contributed by atoms with Crippen LogP contribution in [0.5, 0.6) is 0 Å². The normalized spacial score (nSPS) is 12.9. The lowest BCUT2D eigenvalue weighted by Crippen LogP contribution is -2.43. The van der Waals surface area contributed by atoms with E-state index in [1.807, 2.05) is 0 Å². The van der Waals surface area contributed by atoms with Gasteiger partial charge in [0.05, 0.1) is 25.2 Å². The highest BCUT2D eigenvalue weighted by molar-refractivity contribution is 5.91. The van der Waals surface area contributed by atoms with Gasteiger partial charge in [-0.25, -0.2) is 0 Å². The van der Waals surface area contributed by atoms with Crippen molar-refractivity contribution in [3.63, 3.8) is 0 Å². The molecule has 0 aliphatic carbocycles. The summed E-state index contributed by atoms with van der Waals surface area (Å²) in [6, 6.07) is 0. The number of carbonyl (C=O) groups is 1. The molecule has 2 N–H and O–H groups in total. The first-order chi connectivity index (χ1) is 7.05. The van der Waals surface area contributed by atoms with Gasteiger partial charge in [0, 0.05) is 0 Å². The van der Waals surface area contributed by atoms with Crippen LogP contribution in [-0.2, 0) is 4.79 Å². The lowest BCUT2D eigenvalue weighted by atomic mass is 10.1. The van der Waals surface area contributed by atoms with Gasteiger partial charge in [0.25, 0.3) is 0 Å². The molecule has 0 spiro atoms. The molecule has 0 heterocycles. The Labute approximate surface area is 93.5 Å². The van der Waals surface area contributed by atoms with Crippen molar-refractivity contribution in [1.29, 1.82) is 0 Å². The van der Waals surface area contributed by atoms with Gasteiger partial charge in [0.15, 0.2) is 0 Å². The summed E-state index contributed by atoms with van der Waals surface area (Å²) in [6.07, 6.45) is 3.81. The molecule has 0 saturated heterocycles. The van der Waals surface area contributed by atoms with Gasteiger partial charge in [0.2, 0.25) is 5.91 Å². The molecule has 1 amide bonds. The van der Waals surface area contributed by atoms with Crippen LogP contribution in [0.3, 0.4) is 0 Å². The number of amides is 1. The summed E-state index contributed by atoms with van der Waals surface area (Å²) in [5.41, 5.74) is 6.16. The van der Waals surface area contributed by atoms with Crippen LogP contribution in [-0.4, -0.2) is 30.0 Å². The Morgan fingerprint density at radius 1 is 1.13 bits per heavy atom. The average Bonchev–Trinajstić information content (AvgIpc) is 2.24. The minimum Gasteiger partial charge on any atom is -0.366 e. The third-order valence-corrected chi connectivity index (χ3v) is 3.15. The van der Waals surface area contributed by atoms with Crippen molar-refractivity contribution in [2.45, 2.75) is 40.5 Å². The van der Waals surface area contributed by atoms with Crippen LogP contribution in [0.4, 0.5) is 0 Å². The van der Waals surface area contributed by atoms with E-state index in [1.165, 1.54) is 0 Å². The number of primary amides is 1. The van der Waals surface area contributed by atoms with Crippen LogP contribution in [0.2, 0.25) is 0 Å². The zero-order valence-corrected chi connectivity index (χ0v) is 10.5. The summed E-state index contributed by atoms with van der Waals surface area (Å²) in [4.78, 5) is 11.3. The van der Waals surface area contributed by atoms with Crippen LogP contribution < -0.4 is 5.73 Å². The number of rotatable bonds is 7. The standard InChI is InChI=1S/C12H24N2O/c1-5-9-11(12(13)15)10-14(6-2,7-3)8-4/h10H,5-9H2,1-4H3,(H-,13,15)/p+1. The van der Waals surface area contributed by atoms with Gasteiger partial charge >= 0.3 is 0 Å². The minimum atomic E-state index is -0.269. The van der Waals surface area contributed by atoms with Crippen molar-refractivity contribution in [3.8, 4) is 0 Å². The average molecular weight is 213 g/mol. The van der Waals surface area contributed by atoms with Crippen LogP contribution >= 0.6 is 0 Å². The van der Waals surface area contributed by atoms with Crippen LogP contribution in [0.15, 0.2) is 11.8 Å². The Kier molecular flexibility index (Phi) is 6.25. The van der Waals surface area contributed by atoms with E-state index in [9.17, 15) is 4.79 Å². The summed E-state index contributed by atoms with van der Waals surface area (Å²) in [5.74, 6) is -0.269. The molecule has 0 aromatic rings. The van der Waals surface area contributed by atoms with Gasteiger partial charge in [-0.1, -0.05) is 13.3 Å². The molecule has 0 fully saturated rings. The molecule has 0 rings (SSSR count). The molecule has 0 bridgehead atoms. The summed E-state index contributed by atoms with van der Waals surface area (Å²) < 4.78 is 0.846. The zero-order chi connectivity index (χ0) is 11.9. The number of nitrogens with two attached hydrogens (primary N) is 1. The van der Waals surface area contributed by atoms with Crippen molar-refractivity contribution >= 4 is 5.91 Å². The molecule has 3 heteroatoms. The highest BCUT2D eigenvalue weighted by Crippen LogP contribution is 2.13. The maximum absolute atomic E-state index is 11.3. The van der Waals surface area contributed by atoms with Gasteiger partial charge < -0.3 is 5.73 Å². The Morgan fingerprint density at radius 2 is 1.60 bits per heavy atom. The van der Waals surface area contributed by atoms with E-state index in [0.717, 1.165) is 42.5 Å². The van der Waals surface area contributed by atoms with Crippen molar-refractivity contribution in [1.82, 2.24) is 0 Å². The summed E-state index contributed by atoms with van der Waals surface area (Å²) in [7, 11) is 0. The van der Waals surface area contributed by atoms with E-state index in [2.05, 4.69) is 33.9 Å². The monoisotopic (exact) mass is 213 g/mol. The number of hydrogen-bond donors (Lipinski definition) is 1. The number of hydrogen-bond acceptors (Lipinski definition) is 1. The van der Waals surface area contributed by atoms with E-state index >= 15 is 0 Å². The Hall–Kier alpha value is -0.830. The topological polar surface area (TPSA) is 43.1 Å². The first-order valence-electron chi connectivity index (χ1n) is 5.92. The quantitative estimate of drug-likeness (QED) is 0.510. The highest BCUT2D eigenvalue weighted by Gasteiger charge is 2.20. The first kappa shape index (κ1) is 14.2. The van der Waals surface area contributed by atoms with Crippen molar-refractivity contribution < 1.29 is 9.28 Å². The Bertz CT molecular complexity index is 222. The van der Waals surface area contributed by atoms with Gasteiger partial charge in [-0.05, 0) is 27.2 Å². The molecule has 0 saturated carbocycles. The molecular formula is C12H25N2O+. The first-order valence-corrected chi connectivity index (χ1v) is 5.92. The Balaban J connectivity index is 4.96. The molecule has 15 heavy (non-hydrogen) atoms. The maximum Gasteiger partial charge on any atom is 0.249 e. The van der Waals surface area contributed by atoms with Crippen LogP contribution in [0, 0.1) is 0 Å². The molecular weight excluding hydrogens is 188 g/mol. The van der Waals surface area contributed by atoms with Gasteiger partial charge in [-0.15, -0.1) is 0 Å². The van der Waals surface area contributed by atoms with Crippen molar-refractivity contribution in [2.24, 2.45) is 5.73 Å². The third kappa shape index (κ3) is 4.04. The second kappa shape index (κ2) is 6.62. The number of carbonyl (C=O) groups excluding carboxylic acids is 1. The lowest BCUT2D eigenvalue weighted by molar-refractivity contribution is -0.874. The van der Waals surface area contributed by atoms with Gasteiger partial charge in [0.1, 0.15) is 6.20 Å². The predicted octanol–water partition coefficient (Wildman–Crippen LogP) is 2.03. The second-order valence-corrected chi connectivity index (χ2v) is 3.94. The fraction of sp³-hybridized carbons (Fsp3) is 0.750. The molecule has 88 valence electrons. The third-order valence-electron chi connectivity index (χ3n) is 3.15. The minimum absolute atomic E-state index is 0.269. The van der Waals surface area contributed by atoms with E-state index in [4.69, 9.17) is 5.73 Å². The molecule has 0 radical (unpaired) electrons. The van der Waals surface area contributed by atoms with E-state index in [-0.39, 0.29) is 5.91 Å². The summed E-state index contributed by atoms with van der Waals surface area (Å²) in [6.45, 7) is 11.5. The van der Waals surface area contributed by atoms with Crippen LogP contribution in [0.25, 0.3) is 0 Å². The SMILES string of the molecule is CCCC(=C[N+](CC)(CC)CC)C(N)=O. The van der Waals surface area contributed by atoms with E-state index in [0.29, 0.717) is 0 Å². The summed E-state index contributed by atoms with van der Waals surface area (Å²) >= 11 is 0.